The first-order valence-corrected chi connectivity index (χ1v) is 15.7. The predicted molar refractivity (Wildman–Crippen MR) is 181 cm³/mol. The van der Waals surface area contributed by atoms with Gasteiger partial charge in [0.2, 0.25) is 5.91 Å². The van der Waals surface area contributed by atoms with Gasteiger partial charge in [0.15, 0.2) is 0 Å². The number of unbranched alkanes of at least 4 members (excludes halogenated alkanes) is 1. The molecule has 3 amide bonds. The normalized spacial score (nSPS) is 12.7. The highest BCUT2D eigenvalue weighted by Gasteiger charge is 2.36. The van der Waals surface area contributed by atoms with Crippen LogP contribution in [0.4, 0.5) is 10.5 Å². The molecular formula is C38H45N3O4. The van der Waals surface area contributed by atoms with Crippen molar-refractivity contribution in [3.8, 4) is 0 Å². The summed E-state index contributed by atoms with van der Waals surface area (Å²) in [5.41, 5.74) is 3.60. The number of fused-ring (bicyclic) bond motifs is 1. The number of anilines is 1. The van der Waals surface area contributed by atoms with E-state index in [9.17, 15) is 14.4 Å². The van der Waals surface area contributed by atoms with E-state index < -0.39 is 23.8 Å². The lowest BCUT2D eigenvalue weighted by molar-refractivity contribution is -0.140. The molecule has 0 saturated heterocycles. The van der Waals surface area contributed by atoms with E-state index in [0.29, 0.717) is 24.2 Å². The highest BCUT2D eigenvalue weighted by Crippen LogP contribution is 2.28. The van der Waals surface area contributed by atoms with Gasteiger partial charge in [0, 0.05) is 18.7 Å². The van der Waals surface area contributed by atoms with Crippen LogP contribution < -0.4 is 10.6 Å². The summed E-state index contributed by atoms with van der Waals surface area (Å²) in [6.07, 6.45) is 1.06. The van der Waals surface area contributed by atoms with E-state index in [4.69, 9.17) is 4.74 Å². The Morgan fingerprint density at radius 1 is 0.822 bits per heavy atom. The number of carbonyl (C=O) groups excluding carboxylic acids is 3. The fourth-order valence-electron chi connectivity index (χ4n) is 5.28. The van der Waals surface area contributed by atoms with Crippen LogP contribution in [-0.4, -0.2) is 41.0 Å². The van der Waals surface area contributed by atoms with Gasteiger partial charge in [-0.2, -0.15) is 0 Å². The first-order chi connectivity index (χ1) is 21.4. The number of aryl methyl sites for hydroxylation is 2. The summed E-state index contributed by atoms with van der Waals surface area (Å²) in [5.74, 6) is -0.677. The second-order valence-corrected chi connectivity index (χ2v) is 12.6. The van der Waals surface area contributed by atoms with Crippen LogP contribution in [0.2, 0.25) is 0 Å². The lowest BCUT2D eigenvalue weighted by Gasteiger charge is -2.35. The quantitative estimate of drug-likeness (QED) is 0.181. The molecule has 45 heavy (non-hydrogen) atoms. The van der Waals surface area contributed by atoms with Gasteiger partial charge in [-0.05, 0) is 86.2 Å². The van der Waals surface area contributed by atoms with Crippen molar-refractivity contribution < 1.29 is 19.1 Å². The van der Waals surface area contributed by atoms with Crippen LogP contribution in [0.15, 0.2) is 91.0 Å². The summed E-state index contributed by atoms with van der Waals surface area (Å²) in [4.78, 5) is 43.6. The van der Waals surface area contributed by atoms with Gasteiger partial charge in [-0.1, -0.05) is 92.2 Å². The molecule has 0 spiro atoms. The van der Waals surface area contributed by atoms with Crippen LogP contribution in [0.3, 0.4) is 0 Å². The summed E-state index contributed by atoms with van der Waals surface area (Å²) >= 11 is 0. The lowest BCUT2D eigenvalue weighted by Crippen LogP contribution is -2.53. The van der Waals surface area contributed by atoms with Gasteiger partial charge in [0.05, 0.1) is 0 Å². The maximum atomic E-state index is 14.6. The van der Waals surface area contributed by atoms with E-state index in [1.54, 1.807) is 25.7 Å². The largest absolute Gasteiger partial charge is 0.444 e. The molecule has 7 heteroatoms. The molecule has 0 radical (unpaired) electrons. The smallest absolute Gasteiger partial charge is 0.408 e. The van der Waals surface area contributed by atoms with Crippen LogP contribution in [0, 0.1) is 13.8 Å². The summed E-state index contributed by atoms with van der Waals surface area (Å²) in [5, 5.41) is 7.99. The number of rotatable bonds is 11. The van der Waals surface area contributed by atoms with Crippen molar-refractivity contribution in [2.24, 2.45) is 0 Å². The molecule has 2 unspecified atom stereocenters. The Kier molecular flexibility index (Phi) is 11.0. The standard InChI is InChI=1S/C38H45N3O4/c1-7-8-22-41(36(43)33(24-28-14-10-9-11-15-28)40-37(44)45-38(4,5)6)34(31-19-18-26(2)27(3)23-31)35(42)39-32-21-20-29-16-12-13-17-30(29)25-32/h9-21,23,25,33-34H,7-8,22,24H2,1-6H3,(H,39,42)(H,40,44). The summed E-state index contributed by atoms with van der Waals surface area (Å²) in [6, 6.07) is 27.2. The Morgan fingerprint density at radius 3 is 2.18 bits per heavy atom. The third kappa shape index (κ3) is 9.17. The molecule has 0 fully saturated rings. The van der Waals surface area contributed by atoms with Crippen molar-refractivity contribution in [3.63, 3.8) is 0 Å². The van der Waals surface area contributed by atoms with Crippen LogP contribution in [-0.2, 0) is 20.7 Å². The van der Waals surface area contributed by atoms with Gasteiger partial charge in [0.1, 0.15) is 17.7 Å². The number of alkyl carbamates (subject to hydrolysis) is 1. The van der Waals surface area contributed by atoms with E-state index in [-0.39, 0.29) is 18.2 Å². The first kappa shape index (κ1) is 33.2. The van der Waals surface area contributed by atoms with Crippen LogP contribution >= 0.6 is 0 Å². The Hall–Kier alpha value is -4.65. The number of hydrogen-bond donors (Lipinski definition) is 2. The molecule has 0 aromatic heterocycles. The van der Waals surface area contributed by atoms with Crippen molar-refractivity contribution in [2.45, 2.75) is 78.5 Å². The molecule has 0 aliphatic rings. The van der Waals surface area contributed by atoms with E-state index in [2.05, 4.69) is 10.6 Å². The van der Waals surface area contributed by atoms with Gasteiger partial charge in [-0.15, -0.1) is 0 Å². The molecule has 2 atom stereocenters. The zero-order chi connectivity index (χ0) is 32.6. The summed E-state index contributed by atoms with van der Waals surface area (Å²) < 4.78 is 5.55. The third-order valence-corrected chi connectivity index (χ3v) is 7.73. The van der Waals surface area contributed by atoms with Crippen molar-refractivity contribution in [3.05, 3.63) is 113 Å². The van der Waals surface area contributed by atoms with Gasteiger partial charge < -0.3 is 20.3 Å². The minimum Gasteiger partial charge on any atom is -0.444 e. The average molecular weight is 608 g/mol. The second-order valence-electron chi connectivity index (χ2n) is 12.6. The van der Waals surface area contributed by atoms with Gasteiger partial charge >= 0.3 is 6.09 Å². The maximum absolute atomic E-state index is 14.6. The molecule has 7 nitrogen and oxygen atoms in total. The Bertz CT molecular complexity index is 1630. The highest BCUT2D eigenvalue weighted by atomic mass is 16.6. The lowest BCUT2D eigenvalue weighted by atomic mass is 9.97. The van der Waals surface area contributed by atoms with Crippen molar-refractivity contribution in [1.29, 1.82) is 0 Å². The zero-order valence-electron chi connectivity index (χ0n) is 27.2. The van der Waals surface area contributed by atoms with Crippen LogP contribution in [0.1, 0.15) is 68.8 Å². The number of hydrogen-bond acceptors (Lipinski definition) is 4. The number of carbonyl (C=O) groups is 3. The number of benzene rings is 4. The molecule has 4 rings (SSSR count). The third-order valence-electron chi connectivity index (χ3n) is 7.73. The molecule has 4 aromatic carbocycles. The van der Waals surface area contributed by atoms with Crippen molar-refractivity contribution in [2.75, 3.05) is 11.9 Å². The van der Waals surface area contributed by atoms with E-state index in [1.165, 1.54) is 0 Å². The average Bonchev–Trinajstić information content (AvgIpc) is 2.99. The molecule has 2 N–H and O–H groups in total. The van der Waals surface area contributed by atoms with E-state index in [0.717, 1.165) is 33.9 Å². The van der Waals surface area contributed by atoms with Crippen molar-refractivity contribution in [1.82, 2.24) is 10.2 Å². The predicted octanol–water partition coefficient (Wildman–Crippen LogP) is 7.90. The zero-order valence-corrected chi connectivity index (χ0v) is 27.2. The maximum Gasteiger partial charge on any atom is 0.408 e. The molecule has 236 valence electrons. The second kappa shape index (κ2) is 14.9. The number of nitrogens with one attached hydrogen (secondary N) is 2. The minimum atomic E-state index is -0.957. The Balaban J connectivity index is 1.76. The van der Waals surface area contributed by atoms with Crippen molar-refractivity contribution >= 4 is 34.4 Å². The van der Waals surface area contributed by atoms with Gasteiger partial charge in [-0.25, -0.2) is 4.79 Å². The molecule has 0 bridgehead atoms. The van der Waals surface area contributed by atoms with E-state index in [1.807, 2.05) is 112 Å². The van der Waals surface area contributed by atoms with Crippen LogP contribution in [0.5, 0.6) is 0 Å². The number of ether oxygens (including phenoxy) is 1. The van der Waals surface area contributed by atoms with Gasteiger partial charge in [-0.3, -0.25) is 9.59 Å². The Labute approximate surface area is 267 Å². The monoisotopic (exact) mass is 607 g/mol. The Morgan fingerprint density at radius 2 is 1.51 bits per heavy atom. The number of amides is 3. The minimum absolute atomic E-state index is 0.244. The first-order valence-electron chi connectivity index (χ1n) is 15.7. The molecular weight excluding hydrogens is 562 g/mol. The molecule has 0 aliphatic carbocycles. The topological polar surface area (TPSA) is 87.7 Å². The van der Waals surface area contributed by atoms with E-state index >= 15 is 0 Å². The fourth-order valence-corrected chi connectivity index (χ4v) is 5.28. The fraction of sp³-hybridized carbons (Fsp3) is 0.342. The summed E-state index contributed by atoms with van der Waals surface area (Å²) in [7, 11) is 0. The SMILES string of the molecule is CCCCN(C(=O)C(Cc1ccccc1)NC(=O)OC(C)(C)C)C(C(=O)Nc1ccc2ccccc2c1)c1ccc(C)c(C)c1. The molecule has 4 aromatic rings. The molecule has 0 saturated carbocycles. The van der Waals surface area contributed by atoms with Gasteiger partial charge in [0.25, 0.3) is 5.91 Å². The molecule has 0 heterocycles. The number of nitrogens with zero attached hydrogens (tertiary/aromatic N) is 1. The van der Waals surface area contributed by atoms with Crippen LogP contribution in [0.25, 0.3) is 10.8 Å². The summed E-state index contributed by atoms with van der Waals surface area (Å²) in [6.45, 7) is 11.7. The highest BCUT2D eigenvalue weighted by molar-refractivity contribution is 6.00. The molecule has 0 aliphatic heterocycles.